The van der Waals surface area contributed by atoms with Crippen molar-refractivity contribution in [3.63, 3.8) is 0 Å². The van der Waals surface area contributed by atoms with E-state index in [1.165, 1.54) is 0 Å². The normalized spacial score (nSPS) is 16.1. The number of carbonyl (C=O) groups excluding carboxylic acids is 2. The van der Waals surface area contributed by atoms with Crippen LogP contribution in [0.1, 0.15) is 23.2 Å². The average Bonchev–Trinajstić information content (AvgIpc) is 3.19. The quantitative estimate of drug-likeness (QED) is 0.681. The zero-order valence-electron chi connectivity index (χ0n) is 14.9. The van der Waals surface area contributed by atoms with Crippen LogP contribution >= 0.6 is 11.8 Å². The van der Waals surface area contributed by atoms with Crippen LogP contribution in [-0.4, -0.2) is 36.9 Å². The van der Waals surface area contributed by atoms with Gasteiger partial charge in [0.25, 0.3) is 11.8 Å². The molecule has 1 aliphatic heterocycles. The molecule has 0 bridgehead atoms. The first-order valence-corrected chi connectivity index (χ1v) is 9.76. The van der Waals surface area contributed by atoms with Crippen molar-refractivity contribution in [3.8, 4) is 5.75 Å². The molecule has 2 aromatic rings. The van der Waals surface area contributed by atoms with Gasteiger partial charge >= 0.3 is 0 Å². The van der Waals surface area contributed by atoms with Gasteiger partial charge in [0.2, 0.25) is 0 Å². The van der Waals surface area contributed by atoms with Crippen LogP contribution in [0.4, 0.5) is 5.69 Å². The Hall–Kier alpha value is -2.51. The van der Waals surface area contributed by atoms with E-state index in [2.05, 4.69) is 5.32 Å². The standard InChI is InChI=1S/C20H22N2O4S/c21-19(23)12-26-15-6-3-5-14(11-15)22-20(24)17-8-1-2-9-18(17)27-13-16-7-4-10-25-16/h1-3,5-6,8-9,11,16H,4,7,10,12-13H2,(H2,21,23)(H,22,24). The van der Waals surface area contributed by atoms with Crippen molar-refractivity contribution >= 4 is 29.3 Å². The minimum absolute atomic E-state index is 0.197. The van der Waals surface area contributed by atoms with E-state index in [0.717, 1.165) is 30.1 Å². The van der Waals surface area contributed by atoms with Crippen LogP contribution in [0.3, 0.4) is 0 Å². The number of thioether (sulfide) groups is 1. The third-order valence-corrected chi connectivity index (χ3v) is 5.26. The summed E-state index contributed by atoms with van der Waals surface area (Å²) in [7, 11) is 0. The van der Waals surface area contributed by atoms with Gasteiger partial charge in [-0.2, -0.15) is 0 Å². The lowest BCUT2D eigenvalue weighted by molar-refractivity contribution is -0.119. The molecule has 1 unspecified atom stereocenters. The molecule has 0 aromatic heterocycles. The van der Waals surface area contributed by atoms with Crippen molar-refractivity contribution in [3.05, 3.63) is 54.1 Å². The first-order valence-electron chi connectivity index (χ1n) is 8.78. The Morgan fingerprint density at radius 3 is 2.85 bits per heavy atom. The highest BCUT2D eigenvalue weighted by Gasteiger charge is 2.18. The fourth-order valence-electron chi connectivity index (χ4n) is 2.76. The molecule has 1 atom stereocenters. The van der Waals surface area contributed by atoms with E-state index in [9.17, 15) is 9.59 Å². The highest BCUT2D eigenvalue weighted by atomic mass is 32.2. The largest absolute Gasteiger partial charge is 0.484 e. The Bertz CT molecular complexity index is 806. The molecule has 7 heteroatoms. The van der Waals surface area contributed by atoms with Gasteiger partial charge in [0.1, 0.15) is 5.75 Å². The molecular weight excluding hydrogens is 364 g/mol. The molecule has 0 radical (unpaired) electrons. The number of rotatable bonds is 8. The maximum absolute atomic E-state index is 12.7. The number of benzene rings is 2. The molecule has 1 aliphatic rings. The number of hydrogen-bond acceptors (Lipinski definition) is 5. The lowest BCUT2D eigenvalue weighted by Gasteiger charge is -2.13. The molecule has 0 spiro atoms. The van der Waals surface area contributed by atoms with E-state index in [0.29, 0.717) is 17.0 Å². The third kappa shape index (κ3) is 5.74. The molecule has 3 rings (SSSR count). The number of amides is 2. The zero-order chi connectivity index (χ0) is 19.1. The Balaban J connectivity index is 1.65. The Morgan fingerprint density at radius 2 is 2.07 bits per heavy atom. The van der Waals surface area contributed by atoms with E-state index in [1.807, 2.05) is 18.2 Å². The summed E-state index contributed by atoms with van der Waals surface area (Å²) in [6.07, 6.45) is 2.42. The molecule has 0 aliphatic carbocycles. The maximum Gasteiger partial charge on any atom is 0.256 e. The van der Waals surface area contributed by atoms with E-state index in [4.69, 9.17) is 15.2 Å². The molecule has 2 aromatic carbocycles. The minimum Gasteiger partial charge on any atom is -0.484 e. The van der Waals surface area contributed by atoms with Crippen LogP contribution in [0.15, 0.2) is 53.4 Å². The molecule has 1 saturated heterocycles. The van der Waals surface area contributed by atoms with E-state index >= 15 is 0 Å². The number of hydrogen-bond donors (Lipinski definition) is 2. The zero-order valence-corrected chi connectivity index (χ0v) is 15.7. The van der Waals surface area contributed by atoms with E-state index < -0.39 is 5.91 Å². The predicted octanol–water partition coefficient (Wildman–Crippen LogP) is 3.07. The summed E-state index contributed by atoms with van der Waals surface area (Å²) < 4.78 is 10.9. The van der Waals surface area contributed by atoms with Crippen molar-refractivity contribution in [2.24, 2.45) is 5.73 Å². The SMILES string of the molecule is NC(=O)COc1cccc(NC(=O)c2ccccc2SCC2CCCO2)c1. The van der Waals surface area contributed by atoms with Crippen molar-refractivity contribution in [1.82, 2.24) is 0 Å². The van der Waals surface area contributed by atoms with E-state index in [1.54, 1.807) is 42.1 Å². The van der Waals surface area contributed by atoms with Crippen molar-refractivity contribution < 1.29 is 19.1 Å². The van der Waals surface area contributed by atoms with Crippen LogP contribution in [0.25, 0.3) is 0 Å². The number of primary amides is 1. The van der Waals surface area contributed by atoms with Crippen LogP contribution < -0.4 is 15.8 Å². The summed E-state index contributed by atoms with van der Waals surface area (Å²) in [6, 6.07) is 14.4. The van der Waals surface area contributed by atoms with Gasteiger partial charge in [0.15, 0.2) is 6.61 Å². The maximum atomic E-state index is 12.7. The smallest absolute Gasteiger partial charge is 0.256 e. The summed E-state index contributed by atoms with van der Waals surface area (Å²) in [5.41, 5.74) is 6.28. The van der Waals surface area contributed by atoms with Crippen LogP contribution in [0.2, 0.25) is 0 Å². The molecule has 1 heterocycles. The van der Waals surface area contributed by atoms with Crippen LogP contribution in [0.5, 0.6) is 5.75 Å². The summed E-state index contributed by atoms with van der Waals surface area (Å²) >= 11 is 1.64. The topological polar surface area (TPSA) is 90.7 Å². The van der Waals surface area contributed by atoms with Gasteiger partial charge in [-0.05, 0) is 37.1 Å². The van der Waals surface area contributed by atoms with Crippen LogP contribution in [0, 0.1) is 0 Å². The molecule has 2 amide bonds. The van der Waals surface area contributed by atoms with Crippen molar-refractivity contribution in [1.29, 1.82) is 0 Å². The monoisotopic (exact) mass is 386 g/mol. The minimum atomic E-state index is -0.554. The molecule has 27 heavy (non-hydrogen) atoms. The molecule has 1 fully saturated rings. The Morgan fingerprint density at radius 1 is 1.22 bits per heavy atom. The molecule has 142 valence electrons. The van der Waals surface area contributed by atoms with Gasteiger partial charge < -0.3 is 20.5 Å². The van der Waals surface area contributed by atoms with E-state index in [-0.39, 0.29) is 18.6 Å². The number of ether oxygens (including phenoxy) is 2. The second-order valence-electron chi connectivity index (χ2n) is 6.18. The second-order valence-corrected chi connectivity index (χ2v) is 7.24. The Labute approximate surface area is 162 Å². The van der Waals surface area contributed by atoms with Crippen molar-refractivity contribution in [2.45, 2.75) is 23.8 Å². The first-order chi connectivity index (χ1) is 13.1. The predicted molar refractivity (Wildman–Crippen MR) is 105 cm³/mol. The summed E-state index contributed by atoms with van der Waals surface area (Å²) in [4.78, 5) is 24.5. The number of nitrogens with one attached hydrogen (secondary N) is 1. The fourth-order valence-corrected chi connectivity index (χ4v) is 3.87. The Kier molecular flexibility index (Phi) is 6.73. The second kappa shape index (κ2) is 9.43. The third-order valence-electron chi connectivity index (χ3n) is 4.05. The molecule has 0 saturated carbocycles. The first kappa shape index (κ1) is 19.3. The van der Waals surface area contributed by atoms with Gasteiger partial charge in [-0.15, -0.1) is 11.8 Å². The van der Waals surface area contributed by atoms with Gasteiger partial charge in [0.05, 0.1) is 11.7 Å². The lowest BCUT2D eigenvalue weighted by Crippen LogP contribution is -2.20. The summed E-state index contributed by atoms with van der Waals surface area (Å²) in [5.74, 6) is 0.549. The fraction of sp³-hybridized carbons (Fsp3) is 0.300. The highest BCUT2D eigenvalue weighted by Crippen LogP contribution is 2.27. The molecule has 6 nitrogen and oxygen atoms in total. The van der Waals surface area contributed by atoms with Gasteiger partial charge in [-0.25, -0.2) is 0 Å². The molecular formula is C20H22N2O4S. The van der Waals surface area contributed by atoms with Crippen molar-refractivity contribution in [2.75, 3.05) is 24.3 Å². The molecule has 3 N–H and O–H groups in total. The number of nitrogens with two attached hydrogens (primary N) is 1. The average molecular weight is 386 g/mol. The summed E-state index contributed by atoms with van der Waals surface area (Å²) in [6.45, 7) is 0.613. The van der Waals surface area contributed by atoms with Crippen LogP contribution in [-0.2, 0) is 9.53 Å². The summed E-state index contributed by atoms with van der Waals surface area (Å²) in [5, 5.41) is 2.87. The highest BCUT2D eigenvalue weighted by molar-refractivity contribution is 7.99. The number of anilines is 1. The van der Waals surface area contributed by atoms with Gasteiger partial charge in [-0.1, -0.05) is 18.2 Å². The number of carbonyl (C=O) groups is 2. The van der Waals surface area contributed by atoms with Gasteiger partial charge in [-0.3, -0.25) is 9.59 Å². The van der Waals surface area contributed by atoms with Gasteiger partial charge in [0, 0.05) is 29.0 Å². The lowest BCUT2D eigenvalue weighted by atomic mass is 10.2.